The number of nitrogens with one attached hydrogen (secondary N) is 1. The molecule has 1 fully saturated rings. The predicted octanol–water partition coefficient (Wildman–Crippen LogP) is 4.92. The van der Waals surface area contributed by atoms with Crippen molar-refractivity contribution < 1.29 is 14.1 Å². The van der Waals surface area contributed by atoms with E-state index in [1.807, 2.05) is 37.3 Å². The zero-order valence-electron chi connectivity index (χ0n) is 17.9. The van der Waals surface area contributed by atoms with Crippen LogP contribution < -0.4 is 10.1 Å². The van der Waals surface area contributed by atoms with Crippen LogP contribution in [0.15, 0.2) is 58.2 Å². The van der Waals surface area contributed by atoms with E-state index in [1.54, 1.807) is 19.4 Å². The Labute approximate surface area is 186 Å². The van der Waals surface area contributed by atoms with E-state index in [2.05, 4.69) is 21.5 Å². The first kappa shape index (κ1) is 21.4. The standard InChI is InChI=1S/C24H27N3O3S/c1-17-14-18(27-30-17)15-31-23-19(8-7-13-25-23)22(28)26-16-24(11-5-6-12-24)20-9-3-4-10-21(20)29-2/h3-4,7-10,13-14H,5-6,11-12,15-16H2,1-2H3,(H,26,28). The summed E-state index contributed by atoms with van der Waals surface area (Å²) in [5.74, 6) is 2.15. The molecule has 1 aromatic carbocycles. The van der Waals surface area contributed by atoms with Crippen molar-refractivity contribution >= 4 is 17.7 Å². The van der Waals surface area contributed by atoms with Crippen LogP contribution in [0.2, 0.25) is 0 Å². The molecule has 1 saturated carbocycles. The van der Waals surface area contributed by atoms with Gasteiger partial charge in [0.2, 0.25) is 0 Å². The maximum atomic E-state index is 13.1. The lowest BCUT2D eigenvalue weighted by Crippen LogP contribution is -2.39. The Morgan fingerprint density at radius 3 is 2.77 bits per heavy atom. The molecular formula is C24H27N3O3S. The van der Waals surface area contributed by atoms with Crippen molar-refractivity contribution in [2.75, 3.05) is 13.7 Å². The molecule has 3 aromatic rings. The first-order valence-corrected chi connectivity index (χ1v) is 11.5. The molecular weight excluding hydrogens is 410 g/mol. The first-order chi connectivity index (χ1) is 15.1. The fourth-order valence-corrected chi connectivity index (χ4v) is 5.20. The second-order valence-electron chi connectivity index (χ2n) is 7.94. The molecule has 0 unspecified atom stereocenters. The van der Waals surface area contributed by atoms with Gasteiger partial charge in [-0.05, 0) is 38.0 Å². The highest BCUT2D eigenvalue weighted by Gasteiger charge is 2.38. The number of aryl methyl sites for hydroxylation is 1. The molecule has 0 saturated heterocycles. The Bertz CT molecular complexity index is 1040. The monoisotopic (exact) mass is 437 g/mol. The van der Waals surface area contributed by atoms with E-state index < -0.39 is 0 Å². The Morgan fingerprint density at radius 2 is 2.03 bits per heavy atom. The van der Waals surface area contributed by atoms with Crippen molar-refractivity contribution in [2.24, 2.45) is 0 Å². The molecule has 162 valence electrons. The van der Waals surface area contributed by atoms with E-state index in [0.717, 1.165) is 42.9 Å². The number of ether oxygens (including phenoxy) is 1. The SMILES string of the molecule is COc1ccccc1C1(CNC(=O)c2cccnc2SCc2cc(C)on2)CCCC1. The Balaban J connectivity index is 1.49. The predicted molar refractivity (Wildman–Crippen MR) is 121 cm³/mol. The van der Waals surface area contributed by atoms with Gasteiger partial charge in [0.15, 0.2) is 0 Å². The van der Waals surface area contributed by atoms with Crippen molar-refractivity contribution in [3.8, 4) is 5.75 Å². The lowest BCUT2D eigenvalue weighted by molar-refractivity contribution is 0.0939. The quantitative estimate of drug-likeness (QED) is 0.504. The summed E-state index contributed by atoms with van der Waals surface area (Å²) in [4.78, 5) is 17.6. The Kier molecular flexibility index (Phi) is 6.61. The number of carbonyl (C=O) groups is 1. The summed E-state index contributed by atoms with van der Waals surface area (Å²) in [5.41, 5.74) is 2.50. The molecule has 4 rings (SSSR count). The minimum atomic E-state index is -0.104. The number of amides is 1. The fourth-order valence-electron chi connectivity index (χ4n) is 4.33. The van der Waals surface area contributed by atoms with Crippen molar-refractivity contribution in [3.05, 3.63) is 71.2 Å². The van der Waals surface area contributed by atoms with Crippen molar-refractivity contribution in [1.82, 2.24) is 15.5 Å². The van der Waals surface area contributed by atoms with Crippen molar-refractivity contribution in [2.45, 2.75) is 48.8 Å². The van der Waals surface area contributed by atoms with Crippen LogP contribution in [0.4, 0.5) is 0 Å². The third-order valence-electron chi connectivity index (χ3n) is 5.88. The lowest BCUT2D eigenvalue weighted by atomic mass is 9.78. The summed E-state index contributed by atoms with van der Waals surface area (Å²) in [6.07, 6.45) is 6.08. The van der Waals surface area contributed by atoms with Gasteiger partial charge in [-0.2, -0.15) is 0 Å². The zero-order valence-corrected chi connectivity index (χ0v) is 18.7. The van der Waals surface area contributed by atoms with Crippen LogP contribution >= 0.6 is 11.8 Å². The summed E-state index contributed by atoms with van der Waals surface area (Å²) in [6, 6.07) is 13.7. The summed E-state index contributed by atoms with van der Waals surface area (Å²) in [7, 11) is 1.70. The highest BCUT2D eigenvalue weighted by molar-refractivity contribution is 7.98. The largest absolute Gasteiger partial charge is 0.496 e. The number of carbonyl (C=O) groups excluding carboxylic acids is 1. The average Bonchev–Trinajstić information content (AvgIpc) is 3.46. The van der Waals surface area contributed by atoms with Crippen LogP contribution in [0.25, 0.3) is 0 Å². The van der Waals surface area contributed by atoms with Crippen LogP contribution in [0, 0.1) is 6.92 Å². The van der Waals surface area contributed by atoms with E-state index in [0.29, 0.717) is 22.9 Å². The highest BCUT2D eigenvalue weighted by Crippen LogP contribution is 2.44. The summed E-state index contributed by atoms with van der Waals surface area (Å²) < 4.78 is 10.8. The van der Waals surface area contributed by atoms with Gasteiger partial charge in [0.05, 0.1) is 18.4 Å². The second kappa shape index (κ2) is 9.56. The molecule has 1 aliphatic carbocycles. The van der Waals surface area contributed by atoms with Crippen LogP contribution in [0.5, 0.6) is 5.75 Å². The van der Waals surface area contributed by atoms with Crippen LogP contribution in [-0.4, -0.2) is 29.7 Å². The number of pyridine rings is 1. The van der Waals surface area contributed by atoms with Gasteiger partial charge in [-0.15, -0.1) is 0 Å². The molecule has 31 heavy (non-hydrogen) atoms. The van der Waals surface area contributed by atoms with E-state index in [4.69, 9.17) is 9.26 Å². The van der Waals surface area contributed by atoms with Gasteiger partial charge >= 0.3 is 0 Å². The number of para-hydroxylation sites is 1. The lowest BCUT2D eigenvalue weighted by Gasteiger charge is -2.31. The third-order valence-corrected chi connectivity index (χ3v) is 6.91. The van der Waals surface area contributed by atoms with E-state index >= 15 is 0 Å². The minimum Gasteiger partial charge on any atom is -0.496 e. The molecule has 6 nitrogen and oxygen atoms in total. The average molecular weight is 438 g/mol. The molecule has 0 spiro atoms. The van der Waals surface area contributed by atoms with Crippen LogP contribution in [-0.2, 0) is 11.2 Å². The van der Waals surface area contributed by atoms with E-state index in [1.165, 1.54) is 17.3 Å². The number of aromatic nitrogens is 2. The van der Waals surface area contributed by atoms with E-state index in [-0.39, 0.29) is 11.3 Å². The van der Waals surface area contributed by atoms with E-state index in [9.17, 15) is 4.79 Å². The van der Waals surface area contributed by atoms with Gasteiger partial charge < -0.3 is 14.6 Å². The van der Waals surface area contributed by atoms with Crippen LogP contribution in [0.3, 0.4) is 0 Å². The molecule has 0 radical (unpaired) electrons. The normalized spacial score (nSPS) is 15.0. The van der Waals surface area contributed by atoms with Gasteiger partial charge in [-0.3, -0.25) is 4.79 Å². The molecule has 1 aliphatic rings. The van der Waals surface area contributed by atoms with Crippen LogP contribution in [0.1, 0.15) is 53.1 Å². The molecule has 0 bridgehead atoms. The van der Waals surface area contributed by atoms with Gasteiger partial charge in [0, 0.05) is 35.5 Å². The molecule has 2 heterocycles. The number of rotatable bonds is 8. The number of benzene rings is 1. The van der Waals surface area contributed by atoms with Crippen molar-refractivity contribution in [3.63, 3.8) is 0 Å². The van der Waals surface area contributed by atoms with Gasteiger partial charge in [0.1, 0.15) is 16.5 Å². The minimum absolute atomic E-state index is 0.101. The summed E-state index contributed by atoms with van der Waals surface area (Å²) in [5, 5.41) is 7.90. The molecule has 0 aliphatic heterocycles. The number of nitrogens with zero attached hydrogens (tertiary/aromatic N) is 2. The number of thioether (sulfide) groups is 1. The van der Waals surface area contributed by atoms with Gasteiger partial charge in [-0.1, -0.05) is 48.0 Å². The summed E-state index contributed by atoms with van der Waals surface area (Å²) >= 11 is 1.49. The van der Waals surface area contributed by atoms with Crippen molar-refractivity contribution in [1.29, 1.82) is 0 Å². The fraction of sp³-hybridized carbons (Fsp3) is 0.375. The van der Waals surface area contributed by atoms with Gasteiger partial charge in [-0.25, -0.2) is 4.98 Å². The molecule has 1 amide bonds. The first-order valence-electron chi connectivity index (χ1n) is 10.5. The molecule has 1 N–H and O–H groups in total. The summed E-state index contributed by atoms with van der Waals surface area (Å²) in [6.45, 7) is 2.44. The Hall–Kier alpha value is -2.80. The molecule has 7 heteroatoms. The maximum absolute atomic E-state index is 13.1. The number of methoxy groups -OCH3 is 1. The topological polar surface area (TPSA) is 77.2 Å². The maximum Gasteiger partial charge on any atom is 0.254 e. The molecule has 0 atom stereocenters. The Morgan fingerprint density at radius 1 is 1.23 bits per heavy atom. The number of hydrogen-bond acceptors (Lipinski definition) is 6. The zero-order chi connectivity index (χ0) is 21.7. The highest BCUT2D eigenvalue weighted by atomic mass is 32.2. The number of hydrogen-bond donors (Lipinski definition) is 1. The molecule has 2 aromatic heterocycles. The third kappa shape index (κ3) is 4.77. The second-order valence-corrected chi connectivity index (χ2v) is 8.91. The smallest absolute Gasteiger partial charge is 0.254 e. The van der Waals surface area contributed by atoms with Gasteiger partial charge in [0.25, 0.3) is 5.91 Å².